The zero-order chi connectivity index (χ0) is 16.8. The molecule has 0 spiro atoms. The standard InChI is InChI=1S/C18H27N3O2/c1-13(2)12-16(21-11-7-5-9-17(21)22)18(23)20-14(3)15-8-4-6-10-19-15/h4,6,8,10,13-14,16H,5,7,9,11-12H2,1-3H3,(H,20,23)/t14-,16-/m1/s1. The van der Waals surface area contributed by atoms with Gasteiger partial charge in [-0.3, -0.25) is 14.6 Å². The molecule has 5 heteroatoms. The highest BCUT2D eigenvalue weighted by Gasteiger charge is 2.32. The number of pyridine rings is 1. The number of rotatable bonds is 6. The van der Waals surface area contributed by atoms with Crippen molar-refractivity contribution >= 4 is 11.8 Å². The lowest BCUT2D eigenvalue weighted by Gasteiger charge is -2.35. The van der Waals surface area contributed by atoms with E-state index in [0.717, 1.165) is 18.5 Å². The Morgan fingerprint density at radius 2 is 2.09 bits per heavy atom. The van der Waals surface area contributed by atoms with Gasteiger partial charge in [0, 0.05) is 19.2 Å². The van der Waals surface area contributed by atoms with E-state index >= 15 is 0 Å². The van der Waals surface area contributed by atoms with E-state index in [-0.39, 0.29) is 23.9 Å². The van der Waals surface area contributed by atoms with Gasteiger partial charge in [0.25, 0.3) is 0 Å². The van der Waals surface area contributed by atoms with Crippen LogP contribution in [0, 0.1) is 5.92 Å². The quantitative estimate of drug-likeness (QED) is 0.877. The molecule has 5 nitrogen and oxygen atoms in total. The molecule has 2 atom stereocenters. The molecule has 1 aromatic heterocycles. The van der Waals surface area contributed by atoms with Crippen LogP contribution < -0.4 is 5.32 Å². The molecular formula is C18H27N3O2. The number of carbonyl (C=O) groups excluding carboxylic acids is 2. The summed E-state index contributed by atoms with van der Waals surface area (Å²) in [6.07, 6.45) is 4.86. The second-order valence-electron chi connectivity index (χ2n) is 6.67. The Bertz CT molecular complexity index is 530. The van der Waals surface area contributed by atoms with Gasteiger partial charge in [0.1, 0.15) is 6.04 Å². The van der Waals surface area contributed by atoms with Gasteiger partial charge in [0.15, 0.2) is 0 Å². The Labute approximate surface area is 138 Å². The Balaban J connectivity index is 2.08. The molecule has 0 unspecified atom stereocenters. The molecule has 1 aromatic rings. The van der Waals surface area contributed by atoms with E-state index in [0.29, 0.717) is 25.3 Å². The van der Waals surface area contributed by atoms with E-state index in [1.54, 1.807) is 11.1 Å². The smallest absolute Gasteiger partial charge is 0.243 e. The van der Waals surface area contributed by atoms with Crippen LogP contribution in [0.5, 0.6) is 0 Å². The highest BCUT2D eigenvalue weighted by molar-refractivity contribution is 5.88. The molecule has 2 rings (SSSR count). The number of amides is 2. The third-order valence-electron chi connectivity index (χ3n) is 4.22. The van der Waals surface area contributed by atoms with Gasteiger partial charge >= 0.3 is 0 Å². The fourth-order valence-electron chi connectivity index (χ4n) is 2.99. The van der Waals surface area contributed by atoms with E-state index in [4.69, 9.17) is 0 Å². The molecule has 2 amide bonds. The summed E-state index contributed by atoms with van der Waals surface area (Å²) in [5.74, 6) is 0.375. The van der Waals surface area contributed by atoms with Crippen LogP contribution in [0.4, 0.5) is 0 Å². The number of hydrogen-bond donors (Lipinski definition) is 1. The minimum Gasteiger partial charge on any atom is -0.346 e. The summed E-state index contributed by atoms with van der Waals surface area (Å²) in [5.41, 5.74) is 0.828. The number of piperidine rings is 1. The molecule has 0 aromatic carbocycles. The van der Waals surface area contributed by atoms with Crippen LogP contribution in [0.2, 0.25) is 0 Å². The molecule has 0 bridgehead atoms. The first-order valence-corrected chi connectivity index (χ1v) is 8.49. The molecule has 0 aliphatic carbocycles. The van der Waals surface area contributed by atoms with Gasteiger partial charge in [-0.2, -0.15) is 0 Å². The fourth-order valence-corrected chi connectivity index (χ4v) is 2.99. The Hall–Kier alpha value is -1.91. The summed E-state index contributed by atoms with van der Waals surface area (Å²) < 4.78 is 0. The lowest BCUT2D eigenvalue weighted by molar-refractivity contribution is -0.143. The second kappa shape index (κ2) is 8.09. The largest absolute Gasteiger partial charge is 0.346 e. The van der Waals surface area contributed by atoms with Gasteiger partial charge in [-0.15, -0.1) is 0 Å². The molecule has 23 heavy (non-hydrogen) atoms. The van der Waals surface area contributed by atoms with Crippen molar-refractivity contribution in [1.29, 1.82) is 0 Å². The van der Waals surface area contributed by atoms with Crippen molar-refractivity contribution in [3.8, 4) is 0 Å². The van der Waals surface area contributed by atoms with E-state index in [1.165, 1.54) is 0 Å². The zero-order valence-electron chi connectivity index (χ0n) is 14.3. The molecular weight excluding hydrogens is 290 g/mol. The maximum Gasteiger partial charge on any atom is 0.243 e. The van der Waals surface area contributed by atoms with Crippen molar-refractivity contribution in [2.24, 2.45) is 5.92 Å². The van der Waals surface area contributed by atoms with Crippen LogP contribution in [-0.2, 0) is 9.59 Å². The number of nitrogens with one attached hydrogen (secondary N) is 1. The van der Waals surface area contributed by atoms with Gasteiger partial charge < -0.3 is 10.2 Å². The van der Waals surface area contributed by atoms with E-state index in [9.17, 15) is 9.59 Å². The van der Waals surface area contributed by atoms with Gasteiger partial charge in [-0.05, 0) is 44.2 Å². The Morgan fingerprint density at radius 3 is 2.70 bits per heavy atom. The summed E-state index contributed by atoms with van der Waals surface area (Å²) in [6.45, 7) is 6.76. The summed E-state index contributed by atoms with van der Waals surface area (Å²) in [4.78, 5) is 31.0. The highest BCUT2D eigenvalue weighted by Crippen LogP contribution is 2.20. The van der Waals surface area contributed by atoms with Crippen molar-refractivity contribution in [1.82, 2.24) is 15.2 Å². The average molecular weight is 317 g/mol. The van der Waals surface area contributed by atoms with Crippen LogP contribution in [0.3, 0.4) is 0 Å². The van der Waals surface area contributed by atoms with Gasteiger partial charge in [-0.1, -0.05) is 19.9 Å². The first-order valence-electron chi connectivity index (χ1n) is 8.49. The van der Waals surface area contributed by atoms with Crippen molar-refractivity contribution < 1.29 is 9.59 Å². The zero-order valence-corrected chi connectivity index (χ0v) is 14.3. The van der Waals surface area contributed by atoms with E-state index < -0.39 is 0 Å². The van der Waals surface area contributed by atoms with Crippen molar-refractivity contribution in [3.63, 3.8) is 0 Å². The maximum absolute atomic E-state index is 12.8. The summed E-state index contributed by atoms with van der Waals surface area (Å²) >= 11 is 0. The molecule has 1 aliphatic heterocycles. The lowest BCUT2D eigenvalue weighted by atomic mass is 9.98. The number of likely N-dealkylation sites (tertiary alicyclic amines) is 1. The van der Waals surface area contributed by atoms with E-state index in [1.807, 2.05) is 25.1 Å². The third-order valence-corrected chi connectivity index (χ3v) is 4.22. The second-order valence-corrected chi connectivity index (χ2v) is 6.67. The number of nitrogens with zero attached hydrogens (tertiary/aromatic N) is 2. The van der Waals surface area contributed by atoms with Crippen LogP contribution in [-0.4, -0.2) is 34.3 Å². The SMILES string of the molecule is CC(C)C[C@H](C(=O)N[C@H](C)c1ccccn1)N1CCCCC1=O. The monoisotopic (exact) mass is 317 g/mol. The van der Waals surface area contributed by atoms with Crippen molar-refractivity contribution in [2.75, 3.05) is 6.54 Å². The Morgan fingerprint density at radius 1 is 1.30 bits per heavy atom. The minimum absolute atomic E-state index is 0.0768. The number of hydrogen-bond acceptors (Lipinski definition) is 3. The number of carbonyl (C=O) groups is 2. The molecule has 1 aliphatic rings. The van der Waals surface area contributed by atoms with Gasteiger partial charge in [-0.25, -0.2) is 0 Å². The lowest BCUT2D eigenvalue weighted by Crippen LogP contribution is -2.52. The molecule has 1 N–H and O–H groups in total. The van der Waals surface area contributed by atoms with E-state index in [2.05, 4.69) is 24.1 Å². The Kier molecular flexibility index (Phi) is 6.13. The van der Waals surface area contributed by atoms with Gasteiger partial charge in [0.2, 0.25) is 11.8 Å². The summed E-state index contributed by atoms with van der Waals surface area (Å²) in [7, 11) is 0. The average Bonchev–Trinajstić information content (AvgIpc) is 2.54. The molecule has 0 radical (unpaired) electrons. The first-order chi connectivity index (χ1) is 11.0. The van der Waals surface area contributed by atoms with Crippen LogP contribution in [0.25, 0.3) is 0 Å². The van der Waals surface area contributed by atoms with Gasteiger partial charge in [0.05, 0.1) is 11.7 Å². The normalized spacial score (nSPS) is 17.9. The topological polar surface area (TPSA) is 62.3 Å². The minimum atomic E-state index is -0.381. The van der Waals surface area contributed by atoms with Crippen molar-refractivity contribution in [3.05, 3.63) is 30.1 Å². The van der Waals surface area contributed by atoms with Crippen LogP contribution in [0.15, 0.2) is 24.4 Å². The van der Waals surface area contributed by atoms with Crippen molar-refractivity contribution in [2.45, 2.75) is 58.5 Å². The summed E-state index contributed by atoms with van der Waals surface area (Å²) in [5, 5.41) is 3.02. The fraction of sp³-hybridized carbons (Fsp3) is 0.611. The van der Waals surface area contributed by atoms with Crippen LogP contribution >= 0.6 is 0 Å². The first kappa shape index (κ1) is 17.4. The predicted octanol–water partition coefficient (Wildman–Crippen LogP) is 2.69. The molecule has 1 fully saturated rings. The number of aromatic nitrogens is 1. The highest BCUT2D eigenvalue weighted by atomic mass is 16.2. The van der Waals surface area contributed by atoms with Crippen LogP contribution in [0.1, 0.15) is 58.2 Å². The molecule has 126 valence electrons. The third kappa shape index (κ3) is 4.78. The molecule has 0 saturated carbocycles. The molecule has 2 heterocycles. The summed E-state index contributed by atoms with van der Waals surface area (Å²) in [6, 6.07) is 5.11. The maximum atomic E-state index is 12.8. The predicted molar refractivity (Wildman–Crippen MR) is 89.6 cm³/mol. The molecule has 1 saturated heterocycles.